The van der Waals surface area contributed by atoms with Crippen LogP contribution < -0.4 is 21.3 Å². The van der Waals surface area contributed by atoms with E-state index in [-0.39, 0.29) is 24.2 Å². The summed E-state index contributed by atoms with van der Waals surface area (Å²) in [5.74, 6) is -1.41. The van der Waals surface area contributed by atoms with Crippen LogP contribution in [0.3, 0.4) is 0 Å². The standard InChI is InChI=1S/C25H34N4O6/c30-15-19(14-18-11-12-26-22(18)31)27-23(32)20(13-16-7-3-1-4-8-16)28-24(33)21(29-25(34)35)17-9-5-2-6-10-17/h2,5-6,9-10,15-16,18-21,29H,1,3-4,7-8,11-14H2,(H,26,31)(H,27,32)(H,28,33)(H,34,35)/t18-,19-,20-,21-/m0/s1. The number of aldehydes is 1. The molecule has 10 nitrogen and oxygen atoms in total. The molecule has 0 aromatic heterocycles. The van der Waals surface area contributed by atoms with E-state index in [0.29, 0.717) is 31.2 Å². The van der Waals surface area contributed by atoms with Crippen LogP contribution in [0.4, 0.5) is 4.79 Å². The molecule has 1 saturated carbocycles. The molecule has 35 heavy (non-hydrogen) atoms. The monoisotopic (exact) mass is 486 g/mol. The lowest BCUT2D eigenvalue weighted by Crippen LogP contribution is -2.53. The van der Waals surface area contributed by atoms with Gasteiger partial charge in [0.1, 0.15) is 18.4 Å². The van der Waals surface area contributed by atoms with Crippen molar-refractivity contribution in [3.63, 3.8) is 0 Å². The molecule has 10 heteroatoms. The third-order valence-electron chi connectivity index (χ3n) is 6.78. The number of hydrogen-bond acceptors (Lipinski definition) is 5. The fourth-order valence-electron chi connectivity index (χ4n) is 4.92. The summed E-state index contributed by atoms with van der Waals surface area (Å²) in [5.41, 5.74) is 0.447. The van der Waals surface area contributed by atoms with Crippen LogP contribution in [0.5, 0.6) is 0 Å². The van der Waals surface area contributed by atoms with E-state index in [1.54, 1.807) is 30.3 Å². The Labute approximate surface area is 204 Å². The number of nitrogens with one attached hydrogen (secondary N) is 4. The van der Waals surface area contributed by atoms with Crippen LogP contribution in [0.2, 0.25) is 0 Å². The fourth-order valence-corrected chi connectivity index (χ4v) is 4.92. The summed E-state index contributed by atoms with van der Waals surface area (Å²) < 4.78 is 0. The van der Waals surface area contributed by atoms with Gasteiger partial charge in [0.2, 0.25) is 17.7 Å². The maximum atomic E-state index is 13.2. The minimum absolute atomic E-state index is 0.136. The fraction of sp³-hybridized carbons (Fsp3) is 0.560. The summed E-state index contributed by atoms with van der Waals surface area (Å²) in [6, 6.07) is 5.41. The number of rotatable bonds is 11. The molecule has 5 N–H and O–H groups in total. The zero-order valence-corrected chi connectivity index (χ0v) is 19.7. The first kappa shape index (κ1) is 26.2. The van der Waals surface area contributed by atoms with Crippen molar-refractivity contribution in [3.8, 4) is 0 Å². The predicted octanol–water partition coefficient (Wildman–Crippen LogP) is 1.66. The van der Waals surface area contributed by atoms with Gasteiger partial charge >= 0.3 is 6.09 Å². The Bertz CT molecular complexity index is 902. The first-order chi connectivity index (χ1) is 16.9. The molecule has 1 aliphatic heterocycles. The van der Waals surface area contributed by atoms with Crippen molar-refractivity contribution < 1.29 is 29.1 Å². The molecule has 1 aromatic carbocycles. The van der Waals surface area contributed by atoms with Gasteiger partial charge in [-0.2, -0.15) is 0 Å². The Morgan fingerprint density at radius 2 is 1.69 bits per heavy atom. The largest absolute Gasteiger partial charge is 0.465 e. The molecule has 1 saturated heterocycles. The van der Waals surface area contributed by atoms with Gasteiger partial charge in [-0.05, 0) is 30.7 Å². The lowest BCUT2D eigenvalue weighted by Gasteiger charge is -2.29. The van der Waals surface area contributed by atoms with E-state index in [4.69, 9.17) is 0 Å². The zero-order chi connectivity index (χ0) is 25.2. The maximum absolute atomic E-state index is 13.2. The van der Waals surface area contributed by atoms with Crippen molar-refractivity contribution in [1.29, 1.82) is 0 Å². The summed E-state index contributed by atoms with van der Waals surface area (Å²) in [5, 5.41) is 19.6. The molecule has 2 aliphatic rings. The van der Waals surface area contributed by atoms with Crippen LogP contribution in [0.1, 0.15) is 63.0 Å². The summed E-state index contributed by atoms with van der Waals surface area (Å²) in [6.07, 6.45) is 5.54. The van der Waals surface area contributed by atoms with Crippen molar-refractivity contribution in [2.24, 2.45) is 11.8 Å². The van der Waals surface area contributed by atoms with Gasteiger partial charge in [0.25, 0.3) is 0 Å². The summed E-state index contributed by atoms with van der Waals surface area (Å²) in [4.78, 5) is 61.3. The van der Waals surface area contributed by atoms with Gasteiger partial charge in [0, 0.05) is 12.5 Å². The van der Waals surface area contributed by atoms with Crippen molar-refractivity contribution in [2.75, 3.05) is 6.54 Å². The number of carboxylic acid groups (broad SMARTS) is 1. The number of hydrogen-bond donors (Lipinski definition) is 5. The lowest BCUT2D eigenvalue weighted by atomic mass is 9.84. The second-order valence-corrected chi connectivity index (χ2v) is 9.36. The van der Waals surface area contributed by atoms with E-state index in [0.717, 1.165) is 32.1 Å². The minimum Gasteiger partial charge on any atom is -0.465 e. The van der Waals surface area contributed by atoms with Crippen LogP contribution in [-0.4, -0.2) is 53.8 Å². The van der Waals surface area contributed by atoms with Crippen molar-refractivity contribution in [3.05, 3.63) is 35.9 Å². The third kappa shape index (κ3) is 7.80. The smallest absolute Gasteiger partial charge is 0.405 e. The molecule has 4 amide bonds. The first-order valence-corrected chi connectivity index (χ1v) is 12.3. The highest BCUT2D eigenvalue weighted by molar-refractivity contribution is 5.92. The first-order valence-electron chi connectivity index (χ1n) is 12.3. The third-order valence-corrected chi connectivity index (χ3v) is 6.78. The molecule has 0 bridgehead atoms. The van der Waals surface area contributed by atoms with Gasteiger partial charge in [-0.15, -0.1) is 0 Å². The average molecular weight is 487 g/mol. The number of amides is 4. The molecule has 3 rings (SSSR count). The van der Waals surface area contributed by atoms with Crippen molar-refractivity contribution in [1.82, 2.24) is 21.3 Å². The highest BCUT2D eigenvalue weighted by Crippen LogP contribution is 2.28. The Balaban J connectivity index is 1.73. The molecule has 190 valence electrons. The molecular weight excluding hydrogens is 452 g/mol. The van der Waals surface area contributed by atoms with E-state index in [9.17, 15) is 29.1 Å². The molecule has 1 aromatic rings. The van der Waals surface area contributed by atoms with Crippen molar-refractivity contribution in [2.45, 2.75) is 69.5 Å². The van der Waals surface area contributed by atoms with E-state index >= 15 is 0 Å². The normalized spacial score (nSPS) is 20.7. The number of benzene rings is 1. The molecule has 0 radical (unpaired) electrons. The van der Waals surface area contributed by atoms with Gasteiger partial charge in [-0.3, -0.25) is 14.4 Å². The molecule has 1 aliphatic carbocycles. The van der Waals surface area contributed by atoms with Crippen LogP contribution in [0.25, 0.3) is 0 Å². The summed E-state index contributed by atoms with van der Waals surface area (Å²) in [7, 11) is 0. The van der Waals surface area contributed by atoms with E-state index in [2.05, 4.69) is 21.3 Å². The van der Waals surface area contributed by atoms with Gasteiger partial charge in [-0.25, -0.2) is 4.79 Å². The molecular formula is C25H34N4O6. The number of carbonyl (C=O) groups excluding carboxylic acids is 4. The molecule has 2 fully saturated rings. The van der Waals surface area contributed by atoms with Crippen LogP contribution >= 0.6 is 0 Å². The average Bonchev–Trinajstić information content (AvgIpc) is 3.26. The lowest BCUT2D eigenvalue weighted by molar-refractivity contribution is -0.131. The topological polar surface area (TPSA) is 154 Å². The summed E-state index contributed by atoms with van der Waals surface area (Å²) >= 11 is 0. The second-order valence-electron chi connectivity index (χ2n) is 9.36. The zero-order valence-electron chi connectivity index (χ0n) is 19.7. The highest BCUT2D eigenvalue weighted by Gasteiger charge is 2.33. The maximum Gasteiger partial charge on any atom is 0.405 e. The molecule has 1 heterocycles. The Hall–Kier alpha value is -3.43. The van der Waals surface area contributed by atoms with Gasteiger partial charge < -0.3 is 31.2 Å². The van der Waals surface area contributed by atoms with E-state index in [1.807, 2.05) is 0 Å². The van der Waals surface area contributed by atoms with Crippen LogP contribution in [0.15, 0.2) is 30.3 Å². The second kappa shape index (κ2) is 12.9. The highest BCUT2D eigenvalue weighted by atomic mass is 16.4. The Kier molecular flexibility index (Phi) is 9.63. The Morgan fingerprint density at radius 1 is 0.971 bits per heavy atom. The van der Waals surface area contributed by atoms with E-state index in [1.165, 1.54) is 0 Å². The number of carbonyl (C=O) groups is 5. The molecule has 0 unspecified atom stereocenters. The van der Waals surface area contributed by atoms with Gasteiger partial charge in [-0.1, -0.05) is 62.4 Å². The molecule has 4 atom stereocenters. The van der Waals surface area contributed by atoms with Crippen molar-refractivity contribution >= 4 is 30.1 Å². The minimum atomic E-state index is -1.36. The Morgan fingerprint density at radius 3 is 2.29 bits per heavy atom. The van der Waals surface area contributed by atoms with Crippen LogP contribution in [-0.2, 0) is 19.2 Å². The predicted molar refractivity (Wildman–Crippen MR) is 127 cm³/mol. The van der Waals surface area contributed by atoms with Gasteiger partial charge in [0.15, 0.2) is 0 Å². The SMILES string of the molecule is O=C[C@H](C[C@@H]1CCNC1=O)NC(=O)[C@H](CC1CCCCC1)NC(=O)[C@@H](NC(=O)O)c1ccccc1. The van der Waals surface area contributed by atoms with E-state index < -0.39 is 36.0 Å². The quantitative estimate of drug-likeness (QED) is 0.300. The van der Waals surface area contributed by atoms with Gasteiger partial charge in [0.05, 0.1) is 6.04 Å². The summed E-state index contributed by atoms with van der Waals surface area (Å²) in [6.45, 7) is 0.542. The van der Waals surface area contributed by atoms with Crippen LogP contribution in [0, 0.1) is 11.8 Å². The molecule has 0 spiro atoms.